The average Bonchev–Trinajstić information content (AvgIpc) is 3.44. The second-order valence-electron chi connectivity index (χ2n) is 7.45. The number of benzene rings is 3. The number of aryl methyl sites for hydroxylation is 1. The number of carbonyl (C=O) groups excluding carboxylic acids is 1. The van der Waals surface area contributed by atoms with Crippen LogP contribution < -0.4 is 20.1 Å². The van der Waals surface area contributed by atoms with E-state index in [1.807, 2.05) is 54.6 Å². The molecule has 168 valence electrons. The molecule has 6 nitrogen and oxygen atoms in total. The van der Waals surface area contributed by atoms with E-state index >= 15 is 0 Å². The summed E-state index contributed by atoms with van der Waals surface area (Å²) < 4.78 is 10.2. The molecular formula is C26H25N3O3S. The van der Waals surface area contributed by atoms with Crippen molar-refractivity contribution in [1.82, 2.24) is 15.6 Å². The molecule has 33 heavy (non-hydrogen) atoms. The first-order valence-corrected chi connectivity index (χ1v) is 11.1. The number of hydrogen-bond donors (Lipinski definition) is 3. The Hall–Kier alpha value is -3.84. The summed E-state index contributed by atoms with van der Waals surface area (Å²) in [6.45, 7) is 3.10. The highest BCUT2D eigenvalue weighted by Crippen LogP contribution is 2.30. The zero-order valence-electron chi connectivity index (χ0n) is 18.3. The number of hydrogen-bond acceptors (Lipinski definition) is 4. The highest BCUT2D eigenvalue weighted by atomic mass is 32.1. The van der Waals surface area contributed by atoms with Crippen molar-refractivity contribution in [2.75, 3.05) is 13.3 Å². The lowest BCUT2D eigenvalue weighted by molar-refractivity contribution is 0.0976. The van der Waals surface area contributed by atoms with Gasteiger partial charge in [-0.3, -0.25) is 10.1 Å². The van der Waals surface area contributed by atoms with Gasteiger partial charge in [0.15, 0.2) is 16.6 Å². The number of ether oxygens (including phenoxy) is 2. The van der Waals surface area contributed by atoms with Crippen molar-refractivity contribution in [3.8, 4) is 11.5 Å². The van der Waals surface area contributed by atoms with E-state index in [-0.39, 0.29) is 5.91 Å². The van der Waals surface area contributed by atoms with Crippen LogP contribution in [0, 0.1) is 6.92 Å². The molecule has 0 unspecified atom stereocenters. The predicted octanol–water partition coefficient (Wildman–Crippen LogP) is 4.74. The molecule has 0 atom stereocenters. The van der Waals surface area contributed by atoms with Gasteiger partial charge in [0.05, 0.1) is 0 Å². The molecule has 0 saturated heterocycles. The number of para-hydroxylation sites is 3. The average molecular weight is 460 g/mol. The van der Waals surface area contributed by atoms with Crippen LogP contribution in [-0.2, 0) is 6.42 Å². The van der Waals surface area contributed by atoms with Gasteiger partial charge in [0.25, 0.3) is 5.91 Å². The van der Waals surface area contributed by atoms with Gasteiger partial charge in [-0.05, 0) is 61.5 Å². The standard InChI is InChI=1S/C19H19N3OS.C7H6O2/c1-13-15(16-9-5-6-10-17(16)21-13)11-12-20-19(24)22-18(23)14-7-3-2-4-8-14;1-2-4-7-6(3-1)8-5-9-7/h2-10,21H,11-12H2,1H3,(H2,20,22,23,24);1-4H,5H2. The third-order valence-electron chi connectivity index (χ3n) is 5.23. The van der Waals surface area contributed by atoms with E-state index in [4.69, 9.17) is 21.7 Å². The first kappa shape index (κ1) is 22.4. The number of rotatable bonds is 4. The highest BCUT2D eigenvalue weighted by Gasteiger charge is 2.10. The molecule has 1 aliphatic heterocycles. The molecule has 1 aliphatic rings. The van der Waals surface area contributed by atoms with Crippen LogP contribution in [0.3, 0.4) is 0 Å². The molecule has 0 radical (unpaired) electrons. The molecule has 1 amide bonds. The summed E-state index contributed by atoms with van der Waals surface area (Å²) in [5.74, 6) is 1.49. The van der Waals surface area contributed by atoms with Crippen LogP contribution in [0.5, 0.6) is 11.5 Å². The zero-order valence-corrected chi connectivity index (χ0v) is 19.1. The minimum atomic E-state index is -0.198. The maximum Gasteiger partial charge on any atom is 0.257 e. The number of H-pyrrole nitrogens is 1. The van der Waals surface area contributed by atoms with E-state index in [9.17, 15) is 4.79 Å². The molecule has 7 heteroatoms. The van der Waals surface area contributed by atoms with Crippen molar-refractivity contribution >= 4 is 34.1 Å². The number of carbonyl (C=O) groups is 1. The van der Waals surface area contributed by atoms with Gasteiger partial charge >= 0.3 is 0 Å². The van der Waals surface area contributed by atoms with Crippen LogP contribution in [0.15, 0.2) is 78.9 Å². The van der Waals surface area contributed by atoms with Crippen molar-refractivity contribution in [2.24, 2.45) is 0 Å². The normalized spacial score (nSPS) is 11.4. The second-order valence-corrected chi connectivity index (χ2v) is 7.86. The van der Waals surface area contributed by atoms with Gasteiger partial charge in [0, 0.05) is 28.7 Å². The summed E-state index contributed by atoms with van der Waals surface area (Å²) in [4.78, 5) is 15.4. The van der Waals surface area contributed by atoms with Gasteiger partial charge in [0.2, 0.25) is 6.79 Å². The lowest BCUT2D eigenvalue weighted by atomic mass is 10.1. The maximum atomic E-state index is 12.0. The predicted molar refractivity (Wildman–Crippen MR) is 134 cm³/mol. The van der Waals surface area contributed by atoms with E-state index in [0.717, 1.165) is 29.1 Å². The second kappa shape index (κ2) is 10.7. The molecule has 5 rings (SSSR count). The smallest absolute Gasteiger partial charge is 0.257 e. The van der Waals surface area contributed by atoms with Crippen molar-refractivity contribution in [1.29, 1.82) is 0 Å². The number of nitrogens with one attached hydrogen (secondary N) is 3. The summed E-state index contributed by atoms with van der Waals surface area (Å²) in [6.07, 6.45) is 0.831. The number of amides is 1. The van der Waals surface area contributed by atoms with E-state index < -0.39 is 0 Å². The van der Waals surface area contributed by atoms with Crippen LogP contribution in [0.2, 0.25) is 0 Å². The highest BCUT2D eigenvalue weighted by molar-refractivity contribution is 7.80. The van der Waals surface area contributed by atoms with Crippen LogP contribution in [0.4, 0.5) is 0 Å². The number of thiocarbonyl (C=S) groups is 1. The van der Waals surface area contributed by atoms with E-state index in [0.29, 0.717) is 24.0 Å². The van der Waals surface area contributed by atoms with Crippen molar-refractivity contribution in [3.05, 3.63) is 95.7 Å². The SMILES string of the molecule is Cc1[nH]c2ccccc2c1CCNC(=S)NC(=O)c1ccccc1.c1ccc2c(c1)OCO2. The van der Waals surface area contributed by atoms with Crippen molar-refractivity contribution in [2.45, 2.75) is 13.3 Å². The fraction of sp³-hybridized carbons (Fsp3) is 0.154. The summed E-state index contributed by atoms with van der Waals surface area (Å²) in [7, 11) is 0. The van der Waals surface area contributed by atoms with Crippen LogP contribution in [-0.4, -0.2) is 29.3 Å². The van der Waals surface area contributed by atoms with E-state index in [1.54, 1.807) is 12.1 Å². The summed E-state index contributed by atoms with van der Waals surface area (Å²) in [6, 6.07) is 24.9. The van der Waals surface area contributed by atoms with Gasteiger partial charge in [0.1, 0.15) is 0 Å². The molecule has 1 aromatic heterocycles. The largest absolute Gasteiger partial charge is 0.454 e. The number of fused-ring (bicyclic) bond motifs is 2. The Morgan fingerprint density at radius 1 is 0.939 bits per heavy atom. The van der Waals surface area contributed by atoms with Crippen molar-refractivity contribution in [3.63, 3.8) is 0 Å². The Balaban J connectivity index is 0.000000238. The molecule has 3 N–H and O–H groups in total. The van der Waals surface area contributed by atoms with Gasteiger partial charge < -0.3 is 19.8 Å². The summed E-state index contributed by atoms with van der Waals surface area (Å²) >= 11 is 5.20. The van der Waals surface area contributed by atoms with E-state index in [2.05, 4.69) is 34.7 Å². The molecule has 4 aromatic rings. The molecule has 0 saturated carbocycles. The minimum absolute atomic E-state index is 0.198. The maximum absolute atomic E-state index is 12.0. The quantitative estimate of drug-likeness (QED) is 0.385. The zero-order chi connectivity index (χ0) is 23.0. The Kier molecular flexibility index (Phi) is 7.22. The molecule has 0 fully saturated rings. The van der Waals surface area contributed by atoms with Crippen LogP contribution >= 0.6 is 12.2 Å². The molecular weight excluding hydrogens is 434 g/mol. The fourth-order valence-corrected chi connectivity index (χ4v) is 3.81. The summed E-state index contributed by atoms with van der Waals surface area (Å²) in [5.41, 5.74) is 4.17. The lowest BCUT2D eigenvalue weighted by Crippen LogP contribution is -2.40. The van der Waals surface area contributed by atoms with Gasteiger partial charge in [-0.1, -0.05) is 48.5 Å². The molecule has 3 aromatic carbocycles. The van der Waals surface area contributed by atoms with Gasteiger partial charge in [-0.15, -0.1) is 0 Å². The third kappa shape index (κ3) is 5.70. The first-order chi connectivity index (χ1) is 16.1. The molecule has 2 heterocycles. The van der Waals surface area contributed by atoms with Gasteiger partial charge in [-0.2, -0.15) is 0 Å². The third-order valence-corrected chi connectivity index (χ3v) is 5.48. The number of aromatic amines is 1. The lowest BCUT2D eigenvalue weighted by Gasteiger charge is -2.09. The van der Waals surface area contributed by atoms with E-state index in [1.165, 1.54) is 10.9 Å². The Labute approximate surface area is 197 Å². The molecule has 0 spiro atoms. The Morgan fingerprint density at radius 3 is 2.30 bits per heavy atom. The van der Waals surface area contributed by atoms with Crippen molar-refractivity contribution < 1.29 is 14.3 Å². The minimum Gasteiger partial charge on any atom is -0.454 e. The van der Waals surface area contributed by atoms with Crippen LogP contribution in [0.1, 0.15) is 21.6 Å². The molecule has 0 bridgehead atoms. The molecule has 0 aliphatic carbocycles. The first-order valence-electron chi connectivity index (χ1n) is 10.7. The Morgan fingerprint density at radius 2 is 1.58 bits per heavy atom. The van der Waals surface area contributed by atoms with Crippen LogP contribution in [0.25, 0.3) is 10.9 Å². The number of aromatic nitrogens is 1. The van der Waals surface area contributed by atoms with Gasteiger partial charge in [-0.25, -0.2) is 0 Å². The monoisotopic (exact) mass is 459 g/mol. The fourth-order valence-electron chi connectivity index (χ4n) is 3.61. The Bertz CT molecular complexity index is 1230. The summed E-state index contributed by atoms with van der Waals surface area (Å²) in [5, 5.41) is 7.38. The topological polar surface area (TPSA) is 75.4 Å².